The van der Waals surface area contributed by atoms with E-state index in [-0.39, 0.29) is 6.03 Å². The van der Waals surface area contributed by atoms with Crippen molar-refractivity contribution < 1.29 is 4.79 Å². The number of fused-ring (bicyclic) bond motifs is 1. The molecule has 1 aliphatic rings. The number of hydrogen-bond donors (Lipinski definition) is 3. The molecule has 9 nitrogen and oxygen atoms in total. The monoisotopic (exact) mass is 428 g/mol. The Morgan fingerprint density at radius 3 is 2.75 bits per heavy atom. The number of carbonyl (C=O) groups is 1. The number of anilines is 3. The first-order valence-corrected chi connectivity index (χ1v) is 10.6. The summed E-state index contributed by atoms with van der Waals surface area (Å²) < 4.78 is 0. The number of rotatable bonds is 4. The number of benzene rings is 1. The van der Waals surface area contributed by atoms with Crippen LogP contribution in [0.5, 0.6) is 0 Å². The van der Waals surface area contributed by atoms with Crippen molar-refractivity contribution in [2.24, 2.45) is 0 Å². The lowest BCUT2D eigenvalue weighted by Gasteiger charge is -2.18. The lowest BCUT2D eigenvalue weighted by molar-refractivity contribution is 0.222. The molecule has 3 aromatic heterocycles. The maximum atomic E-state index is 12.5. The summed E-state index contributed by atoms with van der Waals surface area (Å²) in [7, 11) is 0. The minimum absolute atomic E-state index is 0.0610. The van der Waals surface area contributed by atoms with Crippen LogP contribution in [-0.4, -0.2) is 48.9 Å². The number of carbonyl (C=O) groups excluding carboxylic acids is 1. The van der Waals surface area contributed by atoms with E-state index in [2.05, 4.69) is 35.6 Å². The molecule has 0 unspecified atom stereocenters. The van der Waals surface area contributed by atoms with Crippen LogP contribution < -0.4 is 10.6 Å². The van der Waals surface area contributed by atoms with Crippen LogP contribution in [0.4, 0.5) is 22.0 Å². The summed E-state index contributed by atoms with van der Waals surface area (Å²) in [4.78, 5) is 35.0. The topological polar surface area (TPSA) is 112 Å². The lowest BCUT2D eigenvalue weighted by Crippen LogP contribution is -2.32. The normalized spacial score (nSPS) is 13.5. The Kier molecular flexibility index (Phi) is 5.14. The first-order valence-electron chi connectivity index (χ1n) is 10.6. The number of H-pyrrole nitrogens is 1. The summed E-state index contributed by atoms with van der Waals surface area (Å²) in [6, 6.07) is 7.80. The van der Waals surface area contributed by atoms with E-state index in [0.717, 1.165) is 65.2 Å². The second-order valence-electron chi connectivity index (χ2n) is 8.01. The van der Waals surface area contributed by atoms with Crippen molar-refractivity contribution in [1.82, 2.24) is 29.8 Å². The van der Waals surface area contributed by atoms with Gasteiger partial charge in [0.1, 0.15) is 23.4 Å². The zero-order valence-corrected chi connectivity index (χ0v) is 18.0. The predicted octanol–water partition coefficient (Wildman–Crippen LogP) is 4.40. The van der Waals surface area contributed by atoms with Gasteiger partial charge >= 0.3 is 6.03 Å². The minimum atomic E-state index is -0.0610. The molecule has 0 aliphatic carbocycles. The average molecular weight is 429 g/mol. The van der Waals surface area contributed by atoms with E-state index >= 15 is 0 Å². The molecule has 5 rings (SSSR count). The van der Waals surface area contributed by atoms with Crippen LogP contribution in [0.3, 0.4) is 0 Å². The number of urea groups is 1. The Balaban J connectivity index is 1.48. The summed E-state index contributed by atoms with van der Waals surface area (Å²) in [5, 5.41) is 6.44. The minimum Gasteiger partial charge on any atom is -0.341 e. The van der Waals surface area contributed by atoms with E-state index in [1.165, 1.54) is 6.33 Å². The number of nitrogens with zero attached hydrogens (tertiary/aromatic N) is 5. The fraction of sp³-hybridized carbons (Fsp3) is 0.261. The largest absolute Gasteiger partial charge is 0.341 e. The number of amides is 2. The van der Waals surface area contributed by atoms with Gasteiger partial charge in [-0.3, -0.25) is 0 Å². The molecule has 9 heteroatoms. The molecule has 0 radical (unpaired) electrons. The first-order chi connectivity index (χ1) is 15.6. The SMILES string of the molecule is Cc1cnc(Nc2cc(NC(=O)N3CCCC3)ccc2C)c(-c2ncnc3nc[nH]c23)c1. The molecule has 0 bridgehead atoms. The van der Waals surface area contributed by atoms with Crippen LogP contribution in [0.2, 0.25) is 0 Å². The molecule has 0 saturated carbocycles. The molecular weight excluding hydrogens is 404 g/mol. The van der Waals surface area contributed by atoms with Crippen molar-refractivity contribution in [3.05, 3.63) is 54.2 Å². The number of likely N-dealkylation sites (tertiary alicyclic amines) is 1. The van der Waals surface area contributed by atoms with E-state index in [0.29, 0.717) is 11.5 Å². The fourth-order valence-corrected chi connectivity index (χ4v) is 3.90. The quantitative estimate of drug-likeness (QED) is 0.444. The zero-order valence-electron chi connectivity index (χ0n) is 18.0. The molecule has 1 fully saturated rings. The molecule has 0 spiro atoms. The van der Waals surface area contributed by atoms with Gasteiger partial charge in [-0.1, -0.05) is 6.07 Å². The standard InChI is InChI=1S/C23H24N8O/c1-14-9-17(19-20-22(27-12-25-19)28-13-26-20)21(24-11-14)30-18-10-16(6-5-15(18)2)29-23(32)31-7-3-4-8-31/h5-6,9-13H,3-4,7-8H2,1-2H3,(H,24,30)(H,29,32)(H,25,26,27,28). The number of nitrogens with one attached hydrogen (secondary N) is 3. The van der Waals surface area contributed by atoms with Gasteiger partial charge in [0.15, 0.2) is 5.65 Å². The fourth-order valence-electron chi connectivity index (χ4n) is 3.90. The van der Waals surface area contributed by atoms with E-state index < -0.39 is 0 Å². The molecular formula is C23H24N8O. The summed E-state index contributed by atoms with van der Waals surface area (Å²) in [5.74, 6) is 0.663. The molecule has 4 heterocycles. The molecule has 2 amide bonds. The van der Waals surface area contributed by atoms with Gasteiger partial charge in [-0.05, 0) is 56.0 Å². The van der Waals surface area contributed by atoms with Gasteiger partial charge in [-0.15, -0.1) is 0 Å². The highest BCUT2D eigenvalue weighted by Gasteiger charge is 2.19. The summed E-state index contributed by atoms with van der Waals surface area (Å²) in [6.45, 7) is 5.62. The molecule has 1 aromatic carbocycles. The Bertz CT molecular complexity index is 1290. The maximum Gasteiger partial charge on any atom is 0.321 e. The third kappa shape index (κ3) is 3.84. The van der Waals surface area contributed by atoms with Crippen LogP contribution in [0.25, 0.3) is 22.4 Å². The second-order valence-corrected chi connectivity index (χ2v) is 8.01. The maximum absolute atomic E-state index is 12.5. The van der Waals surface area contributed by atoms with E-state index in [1.807, 2.05) is 49.2 Å². The van der Waals surface area contributed by atoms with Crippen LogP contribution in [0.1, 0.15) is 24.0 Å². The second kappa shape index (κ2) is 8.26. The van der Waals surface area contributed by atoms with Crippen LogP contribution in [0.15, 0.2) is 43.1 Å². The van der Waals surface area contributed by atoms with Gasteiger partial charge in [0, 0.05) is 36.2 Å². The Morgan fingerprint density at radius 2 is 1.91 bits per heavy atom. The van der Waals surface area contributed by atoms with Gasteiger partial charge in [0.25, 0.3) is 0 Å². The average Bonchev–Trinajstić information content (AvgIpc) is 3.49. The van der Waals surface area contributed by atoms with Gasteiger partial charge in [0.2, 0.25) is 0 Å². The van der Waals surface area contributed by atoms with Crippen molar-refractivity contribution in [2.75, 3.05) is 23.7 Å². The van der Waals surface area contributed by atoms with Gasteiger partial charge < -0.3 is 20.5 Å². The molecule has 1 saturated heterocycles. The molecule has 4 aromatic rings. The van der Waals surface area contributed by atoms with Crippen LogP contribution >= 0.6 is 0 Å². The number of hydrogen-bond acceptors (Lipinski definition) is 6. The Labute approximate surface area is 185 Å². The van der Waals surface area contributed by atoms with E-state index in [1.54, 1.807) is 6.33 Å². The van der Waals surface area contributed by atoms with E-state index in [4.69, 9.17) is 0 Å². The molecule has 162 valence electrons. The summed E-state index contributed by atoms with van der Waals surface area (Å²) >= 11 is 0. The van der Waals surface area contributed by atoms with Crippen LogP contribution in [-0.2, 0) is 0 Å². The highest BCUT2D eigenvalue weighted by atomic mass is 16.2. The Morgan fingerprint density at radius 1 is 1.06 bits per heavy atom. The Hall–Kier alpha value is -4.01. The highest BCUT2D eigenvalue weighted by Crippen LogP contribution is 2.33. The van der Waals surface area contributed by atoms with Crippen molar-refractivity contribution in [2.45, 2.75) is 26.7 Å². The van der Waals surface area contributed by atoms with Gasteiger partial charge in [0.05, 0.1) is 6.33 Å². The van der Waals surface area contributed by atoms with E-state index in [9.17, 15) is 4.79 Å². The van der Waals surface area contributed by atoms with Gasteiger partial charge in [-0.2, -0.15) is 0 Å². The van der Waals surface area contributed by atoms with Gasteiger partial charge in [-0.25, -0.2) is 24.7 Å². The predicted molar refractivity (Wildman–Crippen MR) is 124 cm³/mol. The highest BCUT2D eigenvalue weighted by molar-refractivity contribution is 5.93. The number of pyridine rings is 1. The first kappa shape index (κ1) is 19.9. The molecule has 32 heavy (non-hydrogen) atoms. The van der Waals surface area contributed by atoms with Crippen molar-refractivity contribution in [3.63, 3.8) is 0 Å². The molecule has 1 aliphatic heterocycles. The third-order valence-corrected chi connectivity index (χ3v) is 5.64. The van der Waals surface area contributed by atoms with Crippen molar-refractivity contribution in [3.8, 4) is 11.3 Å². The summed E-state index contributed by atoms with van der Waals surface area (Å²) in [6.07, 6.45) is 7.04. The number of imidazole rings is 1. The number of aromatic amines is 1. The smallest absolute Gasteiger partial charge is 0.321 e. The third-order valence-electron chi connectivity index (χ3n) is 5.64. The molecule has 3 N–H and O–H groups in total. The molecule has 0 atom stereocenters. The summed E-state index contributed by atoms with van der Waals surface area (Å²) in [5.41, 5.74) is 6.57. The zero-order chi connectivity index (χ0) is 22.1. The van der Waals surface area contributed by atoms with Crippen molar-refractivity contribution in [1.29, 1.82) is 0 Å². The number of aryl methyl sites for hydroxylation is 2. The number of aromatic nitrogens is 5. The van der Waals surface area contributed by atoms with Crippen LogP contribution in [0, 0.1) is 13.8 Å². The van der Waals surface area contributed by atoms with Crippen molar-refractivity contribution >= 4 is 34.4 Å². The lowest BCUT2D eigenvalue weighted by atomic mass is 10.1.